The predicted molar refractivity (Wildman–Crippen MR) is 82.8 cm³/mol. The summed E-state index contributed by atoms with van der Waals surface area (Å²) in [4.78, 5) is 2.67. The second-order valence-corrected chi connectivity index (χ2v) is 7.47. The Balaban J connectivity index is 1.56. The number of piperidine rings is 1. The van der Waals surface area contributed by atoms with Crippen LogP contribution in [0.25, 0.3) is 0 Å². The molecule has 2 N–H and O–H groups in total. The SMILES string of the molecule is CC(O)C1CC(NC2CCCCC2)CN(C2CCC2)C1. The molecule has 0 spiro atoms. The molecule has 2 aliphatic carbocycles. The molecule has 20 heavy (non-hydrogen) atoms. The minimum atomic E-state index is -0.159. The van der Waals surface area contributed by atoms with E-state index in [0.717, 1.165) is 25.0 Å². The first-order valence-electron chi connectivity index (χ1n) is 8.90. The Bertz CT molecular complexity index is 295. The minimum absolute atomic E-state index is 0.159. The van der Waals surface area contributed by atoms with Gasteiger partial charge in [0.25, 0.3) is 0 Å². The van der Waals surface area contributed by atoms with E-state index in [9.17, 15) is 5.11 Å². The van der Waals surface area contributed by atoms with Crippen molar-refractivity contribution in [3.63, 3.8) is 0 Å². The molecule has 3 atom stereocenters. The van der Waals surface area contributed by atoms with E-state index in [0.29, 0.717) is 12.0 Å². The summed E-state index contributed by atoms with van der Waals surface area (Å²) in [6.45, 7) is 4.31. The zero-order chi connectivity index (χ0) is 13.9. The minimum Gasteiger partial charge on any atom is -0.393 e. The van der Waals surface area contributed by atoms with Crippen molar-refractivity contribution in [1.29, 1.82) is 0 Å². The maximum Gasteiger partial charge on any atom is 0.0553 e. The second kappa shape index (κ2) is 6.76. The lowest BCUT2D eigenvalue weighted by atomic mass is 9.84. The molecule has 0 amide bonds. The predicted octanol–water partition coefficient (Wildman–Crippen LogP) is 2.53. The fourth-order valence-corrected chi connectivity index (χ4v) is 4.30. The first-order valence-corrected chi connectivity index (χ1v) is 8.90. The van der Waals surface area contributed by atoms with Crippen molar-refractivity contribution in [2.45, 2.75) is 88.9 Å². The van der Waals surface area contributed by atoms with Gasteiger partial charge in [-0.15, -0.1) is 0 Å². The molecule has 0 aromatic carbocycles. The normalized spacial score (nSPS) is 35.7. The van der Waals surface area contributed by atoms with Crippen molar-refractivity contribution in [2.24, 2.45) is 5.92 Å². The zero-order valence-corrected chi connectivity index (χ0v) is 13.1. The smallest absolute Gasteiger partial charge is 0.0553 e. The van der Waals surface area contributed by atoms with Crippen LogP contribution in [-0.4, -0.2) is 47.3 Å². The highest BCUT2D eigenvalue weighted by Crippen LogP contribution is 2.31. The van der Waals surface area contributed by atoms with E-state index >= 15 is 0 Å². The quantitative estimate of drug-likeness (QED) is 0.830. The van der Waals surface area contributed by atoms with Crippen LogP contribution in [0.4, 0.5) is 0 Å². The van der Waals surface area contributed by atoms with Crippen LogP contribution < -0.4 is 5.32 Å². The van der Waals surface area contributed by atoms with E-state index in [-0.39, 0.29) is 6.10 Å². The van der Waals surface area contributed by atoms with E-state index in [4.69, 9.17) is 0 Å². The van der Waals surface area contributed by atoms with Gasteiger partial charge in [0.2, 0.25) is 0 Å². The molecule has 3 unspecified atom stereocenters. The van der Waals surface area contributed by atoms with Gasteiger partial charge in [0, 0.05) is 31.2 Å². The summed E-state index contributed by atoms with van der Waals surface area (Å²) in [6, 6.07) is 2.16. The summed E-state index contributed by atoms with van der Waals surface area (Å²) in [7, 11) is 0. The van der Waals surface area contributed by atoms with Gasteiger partial charge >= 0.3 is 0 Å². The lowest BCUT2D eigenvalue weighted by molar-refractivity contribution is 0.00788. The second-order valence-electron chi connectivity index (χ2n) is 7.47. The molecule has 1 aliphatic heterocycles. The molecule has 3 fully saturated rings. The molecule has 3 rings (SSSR count). The fourth-order valence-electron chi connectivity index (χ4n) is 4.30. The van der Waals surface area contributed by atoms with Gasteiger partial charge in [0.1, 0.15) is 0 Å². The molecule has 2 saturated carbocycles. The molecule has 0 bridgehead atoms. The summed E-state index contributed by atoms with van der Waals surface area (Å²) in [6.07, 6.45) is 12.1. The molecule has 3 nitrogen and oxygen atoms in total. The van der Waals surface area contributed by atoms with Crippen LogP contribution in [-0.2, 0) is 0 Å². The first-order chi connectivity index (χ1) is 9.72. The Labute approximate surface area is 124 Å². The van der Waals surface area contributed by atoms with E-state index in [1.807, 2.05) is 6.92 Å². The number of likely N-dealkylation sites (tertiary alicyclic amines) is 1. The average molecular weight is 280 g/mol. The third-order valence-electron chi connectivity index (χ3n) is 5.86. The van der Waals surface area contributed by atoms with Gasteiger partial charge in [0.05, 0.1) is 6.10 Å². The maximum absolute atomic E-state index is 10.0. The van der Waals surface area contributed by atoms with Gasteiger partial charge in [0.15, 0.2) is 0 Å². The summed E-state index contributed by atoms with van der Waals surface area (Å²) < 4.78 is 0. The summed E-state index contributed by atoms with van der Waals surface area (Å²) in [5.74, 6) is 0.463. The van der Waals surface area contributed by atoms with Gasteiger partial charge in [-0.3, -0.25) is 4.90 Å². The highest BCUT2D eigenvalue weighted by atomic mass is 16.3. The van der Waals surface area contributed by atoms with E-state index in [1.165, 1.54) is 57.9 Å². The van der Waals surface area contributed by atoms with Gasteiger partial charge in [-0.05, 0) is 44.9 Å². The van der Waals surface area contributed by atoms with Gasteiger partial charge in [-0.25, -0.2) is 0 Å². The fraction of sp³-hybridized carbons (Fsp3) is 1.00. The van der Waals surface area contributed by atoms with Crippen LogP contribution in [0, 0.1) is 5.92 Å². The third kappa shape index (κ3) is 3.55. The van der Waals surface area contributed by atoms with Crippen LogP contribution in [0.15, 0.2) is 0 Å². The lowest BCUT2D eigenvalue weighted by Gasteiger charge is -2.47. The summed E-state index contributed by atoms with van der Waals surface area (Å²) in [5.41, 5.74) is 0. The van der Waals surface area contributed by atoms with Crippen molar-refractivity contribution in [3.8, 4) is 0 Å². The van der Waals surface area contributed by atoms with Gasteiger partial charge in [-0.2, -0.15) is 0 Å². The zero-order valence-electron chi connectivity index (χ0n) is 13.1. The van der Waals surface area contributed by atoms with Gasteiger partial charge < -0.3 is 10.4 Å². The molecule has 0 aromatic rings. The van der Waals surface area contributed by atoms with Gasteiger partial charge in [-0.1, -0.05) is 25.7 Å². The molecule has 1 saturated heterocycles. The van der Waals surface area contributed by atoms with Crippen LogP contribution in [0.2, 0.25) is 0 Å². The topological polar surface area (TPSA) is 35.5 Å². The van der Waals surface area contributed by atoms with E-state index in [1.54, 1.807) is 0 Å². The number of nitrogens with one attached hydrogen (secondary N) is 1. The highest BCUT2D eigenvalue weighted by Gasteiger charge is 2.35. The molecule has 116 valence electrons. The number of hydrogen-bond donors (Lipinski definition) is 2. The highest BCUT2D eigenvalue weighted by molar-refractivity contribution is 4.92. The van der Waals surface area contributed by atoms with Crippen molar-refractivity contribution < 1.29 is 5.11 Å². The Hall–Kier alpha value is -0.120. The molecule has 0 aromatic heterocycles. The standard InChI is InChI=1S/C17H32N2O/c1-13(20)14-10-16(18-15-6-3-2-4-7-15)12-19(11-14)17-8-5-9-17/h13-18,20H,2-12H2,1H3. The van der Waals surface area contributed by atoms with E-state index in [2.05, 4.69) is 10.2 Å². The largest absolute Gasteiger partial charge is 0.393 e. The molecule has 3 heteroatoms. The van der Waals surface area contributed by atoms with Crippen molar-refractivity contribution in [1.82, 2.24) is 10.2 Å². The number of rotatable bonds is 4. The van der Waals surface area contributed by atoms with Crippen molar-refractivity contribution >= 4 is 0 Å². The molecular weight excluding hydrogens is 248 g/mol. The molecule has 1 heterocycles. The monoisotopic (exact) mass is 280 g/mol. The van der Waals surface area contributed by atoms with Crippen LogP contribution in [0.1, 0.15) is 64.7 Å². The van der Waals surface area contributed by atoms with Crippen molar-refractivity contribution in [2.75, 3.05) is 13.1 Å². The molecular formula is C17H32N2O. The third-order valence-corrected chi connectivity index (χ3v) is 5.86. The summed E-state index contributed by atoms with van der Waals surface area (Å²) in [5, 5.41) is 14.0. The molecule has 3 aliphatic rings. The Morgan fingerprint density at radius 1 is 0.950 bits per heavy atom. The maximum atomic E-state index is 10.0. The number of nitrogens with zero attached hydrogens (tertiary/aromatic N) is 1. The van der Waals surface area contributed by atoms with E-state index < -0.39 is 0 Å². The molecule has 0 radical (unpaired) electrons. The van der Waals surface area contributed by atoms with Crippen LogP contribution in [0.5, 0.6) is 0 Å². The number of aliphatic hydroxyl groups is 1. The first kappa shape index (κ1) is 14.8. The Kier molecular flexibility index (Phi) is 5.00. The van der Waals surface area contributed by atoms with Crippen LogP contribution >= 0.6 is 0 Å². The lowest BCUT2D eigenvalue weighted by Crippen LogP contribution is -2.57. The Morgan fingerprint density at radius 2 is 1.70 bits per heavy atom. The van der Waals surface area contributed by atoms with Crippen LogP contribution in [0.3, 0.4) is 0 Å². The Morgan fingerprint density at radius 3 is 2.30 bits per heavy atom. The summed E-state index contributed by atoms with van der Waals surface area (Å²) >= 11 is 0. The number of aliphatic hydroxyl groups excluding tert-OH is 1. The average Bonchev–Trinajstić information content (AvgIpc) is 2.37. The number of hydrogen-bond acceptors (Lipinski definition) is 3. The van der Waals surface area contributed by atoms with Crippen molar-refractivity contribution in [3.05, 3.63) is 0 Å².